The van der Waals surface area contributed by atoms with Crippen LogP contribution in [0.1, 0.15) is 52.1 Å². The van der Waals surface area contributed by atoms with Crippen molar-refractivity contribution in [2.45, 2.75) is 27.7 Å². The third kappa shape index (κ3) is 3.33. The fourth-order valence-corrected chi connectivity index (χ4v) is 2.95. The molecule has 0 aliphatic heterocycles. The summed E-state index contributed by atoms with van der Waals surface area (Å²) in [5, 5.41) is 0. The smallest absolute Gasteiger partial charge is 0.356 e. The van der Waals surface area contributed by atoms with Gasteiger partial charge in [0.15, 0.2) is 5.78 Å². The van der Waals surface area contributed by atoms with Crippen LogP contribution in [0.3, 0.4) is 0 Å². The molecule has 0 spiro atoms. The van der Waals surface area contributed by atoms with Crippen molar-refractivity contribution in [3.05, 3.63) is 41.2 Å². The van der Waals surface area contributed by atoms with Gasteiger partial charge in [-0.3, -0.25) is 14.2 Å². The van der Waals surface area contributed by atoms with Crippen LogP contribution in [0.4, 0.5) is 0 Å². The Balaban J connectivity index is 2.86. The van der Waals surface area contributed by atoms with Gasteiger partial charge in [0, 0.05) is 23.7 Å². The predicted molar refractivity (Wildman–Crippen MR) is 93.4 cm³/mol. The summed E-state index contributed by atoms with van der Waals surface area (Å²) >= 11 is 0. The maximum Gasteiger partial charge on any atom is 0.356 e. The molecule has 0 aliphatic rings. The fraction of sp³-hybridized carbons (Fsp3) is 0.316. The van der Waals surface area contributed by atoms with E-state index < -0.39 is 5.97 Å². The van der Waals surface area contributed by atoms with Crippen molar-refractivity contribution >= 4 is 17.7 Å². The number of aromatic nitrogens is 1. The van der Waals surface area contributed by atoms with Gasteiger partial charge in [0.25, 0.3) is 0 Å². The van der Waals surface area contributed by atoms with Gasteiger partial charge in [-0.15, -0.1) is 0 Å². The summed E-state index contributed by atoms with van der Waals surface area (Å²) in [6.07, 6.45) is 0. The minimum Gasteiger partial charge on any atom is -0.497 e. The minimum atomic E-state index is -0.640. The van der Waals surface area contributed by atoms with E-state index in [1.807, 2.05) is 0 Å². The molecule has 0 bridgehead atoms. The zero-order chi connectivity index (χ0) is 18.7. The van der Waals surface area contributed by atoms with Gasteiger partial charge in [-0.25, -0.2) is 4.79 Å². The number of carbonyl (C=O) groups excluding carboxylic acids is 3. The van der Waals surface area contributed by atoms with E-state index in [0.29, 0.717) is 28.1 Å². The van der Waals surface area contributed by atoms with E-state index in [0.717, 1.165) is 0 Å². The standard InChI is InChI=1S/C19H21NO5/c1-6-25-19(23)18-17(14-7-9-15(24-5)10-8-14)16(12(3)21)11(2)20(18)13(4)22/h7-10H,6H2,1-5H3. The molecule has 25 heavy (non-hydrogen) atoms. The van der Waals surface area contributed by atoms with E-state index in [2.05, 4.69) is 0 Å². The van der Waals surface area contributed by atoms with Gasteiger partial charge in [-0.1, -0.05) is 12.1 Å². The summed E-state index contributed by atoms with van der Waals surface area (Å²) in [5.74, 6) is -0.579. The normalized spacial score (nSPS) is 10.4. The third-order valence-electron chi connectivity index (χ3n) is 3.92. The lowest BCUT2D eigenvalue weighted by Gasteiger charge is -2.09. The summed E-state index contributed by atoms with van der Waals surface area (Å²) in [6.45, 7) is 6.25. The molecule has 2 aromatic rings. The van der Waals surface area contributed by atoms with Crippen LogP contribution in [-0.4, -0.2) is 35.9 Å². The van der Waals surface area contributed by atoms with Crippen LogP contribution < -0.4 is 4.74 Å². The highest BCUT2D eigenvalue weighted by Gasteiger charge is 2.30. The Morgan fingerprint density at radius 1 is 1.08 bits per heavy atom. The topological polar surface area (TPSA) is 74.6 Å². The first-order valence-corrected chi connectivity index (χ1v) is 7.92. The Bertz CT molecular complexity index is 830. The van der Waals surface area contributed by atoms with Crippen LogP contribution >= 0.6 is 0 Å². The van der Waals surface area contributed by atoms with E-state index in [-0.39, 0.29) is 24.0 Å². The lowest BCUT2D eigenvalue weighted by molar-refractivity contribution is 0.0509. The summed E-state index contributed by atoms with van der Waals surface area (Å²) < 4.78 is 11.5. The minimum absolute atomic E-state index is 0.0715. The highest BCUT2D eigenvalue weighted by atomic mass is 16.5. The number of rotatable bonds is 5. The molecule has 2 rings (SSSR count). The van der Waals surface area contributed by atoms with Crippen molar-refractivity contribution in [1.29, 1.82) is 0 Å². The Morgan fingerprint density at radius 3 is 2.12 bits per heavy atom. The van der Waals surface area contributed by atoms with Crippen molar-refractivity contribution in [3.63, 3.8) is 0 Å². The fourth-order valence-electron chi connectivity index (χ4n) is 2.95. The molecule has 0 aliphatic carbocycles. The van der Waals surface area contributed by atoms with Crippen molar-refractivity contribution in [2.75, 3.05) is 13.7 Å². The van der Waals surface area contributed by atoms with Gasteiger partial charge < -0.3 is 9.47 Å². The number of hydrogen-bond acceptors (Lipinski definition) is 5. The van der Waals surface area contributed by atoms with Gasteiger partial charge in [-0.2, -0.15) is 0 Å². The largest absolute Gasteiger partial charge is 0.497 e. The van der Waals surface area contributed by atoms with Crippen LogP contribution in [-0.2, 0) is 4.74 Å². The molecule has 1 aromatic carbocycles. The monoisotopic (exact) mass is 343 g/mol. The van der Waals surface area contributed by atoms with E-state index >= 15 is 0 Å². The van der Waals surface area contributed by atoms with Gasteiger partial charge >= 0.3 is 5.97 Å². The van der Waals surface area contributed by atoms with Crippen LogP contribution in [0.15, 0.2) is 24.3 Å². The number of ketones is 1. The molecule has 1 aromatic heterocycles. The molecule has 0 unspecified atom stereocenters. The van der Waals surface area contributed by atoms with Crippen LogP contribution in [0.5, 0.6) is 5.75 Å². The molecular weight excluding hydrogens is 322 g/mol. The van der Waals surface area contributed by atoms with E-state index in [4.69, 9.17) is 9.47 Å². The van der Waals surface area contributed by atoms with E-state index in [1.165, 1.54) is 18.4 Å². The molecule has 0 radical (unpaired) electrons. The number of Topliss-reactive ketones (excluding diaryl/α,β-unsaturated/α-hetero) is 1. The first kappa shape index (κ1) is 18.4. The lowest BCUT2D eigenvalue weighted by atomic mass is 9.98. The Morgan fingerprint density at radius 2 is 1.68 bits per heavy atom. The maximum absolute atomic E-state index is 12.5. The molecule has 132 valence electrons. The van der Waals surface area contributed by atoms with E-state index in [1.54, 1.807) is 45.2 Å². The average Bonchev–Trinajstić information content (AvgIpc) is 2.88. The van der Waals surface area contributed by atoms with Crippen molar-refractivity contribution in [3.8, 4) is 16.9 Å². The van der Waals surface area contributed by atoms with Crippen molar-refractivity contribution in [1.82, 2.24) is 4.57 Å². The van der Waals surface area contributed by atoms with E-state index in [9.17, 15) is 14.4 Å². The first-order chi connectivity index (χ1) is 11.8. The van der Waals surface area contributed by atoms with Crippen LogP contribution in [0, 0.1) is 6.92 Å². The molecular formula is C19H21NO5. The number of methoxy groups -OCH3 is 1. The molecule has 1 heterocycles. The number of carbonyl (C=O) groups is 3. The Kier molecular flexibility index (Phi) is 5.41. The summed E-state index contributed by atoms with van der Waals surface area (Å²) in [5.41, 5.74) is 1.87. The predicted octanol–water partition coefficient (Wildman–Crippen LogP) is 3.51. The zero-order valence-electron chi connectivity index (χ0n) is 15.0. The highest BCUT2D eigenvalue weighted by molar-refractivity contribution is 6.11. The van der Waals surface area contributed by atoms with Gasteiger partial charge in [0.1, 0.15) is 11.4 Å². The molecule has 0 fully saturated rings. The molecule has 6 nitrogen and oxygen atoms in total. The third-order valence-corrected chi connectivity index (χ3v) is 3.92. The quantitative estimate of drug-likeness (QED) is 0.613. The molecule has 0 N–H and O–H groups in total. The lowest BCUT2D eigenvalue weighted by Crippen LogP contribution is -2.18. The highest BCUT2D eigenvalue weighted by Crippen LogP contribution is 2.34. The van der Waals surface area contributed by atoms with Gasteiger partial charge in [0.2, 0.25) is 5.91 Å². The number of nitrogens with zero attached hydrogens (tertiary/aromatic N) is 1. The number of hydrogen-bond donors (Lipinski definition) is 0. The summed E-state index contributed by atoms with van der Waals surface area (Å²) in [4.78, 5) is 36.9. The molecule has 0 saturated heterocycles. The molecule has 0 atom stereocenters. The Hall–Kier alpha value is -2.89. The SMILES string of the molecule is CCOC(=O)c1c(-c2ccc(OC)cc2)c(C(C)=O)c(C)n1C(C)=O. The Labute approximate surface area is 146 Å². The second kappa shape index (κ2) is 7.34. The molecule has 0 amide bonds. The van der Waals surface area contributed by atoms with Crippen LogP contribution in [0.25, 0.3) is 11.1 Å². The van der Waals surface area contributed by atoms with Crippen molar-refractivity contribution < 1.29 is 23.9 Å². The number of ether oxygens (including phenoxy) is 2. The zero-order valence-corrected chi connectivity index (χ0v) is 15.0. The summed E-state index contributed by atoms with van der Waals surface area (Å²) in [6, 6.07) is 6.95. The van der Waals surface area contributed by atoms with Crippen molar-refractivity contribution in [2.24, 2.45) is 0 Å². The number of benzene rings is 1. The molecule has 6 heteroatoms. The summed E-state index contributed by atoms with van der Waals surface area (Å²) in [7, 11) is 1.55. The first-order valence-electron chi connectivity index (χ1n) is 7.92. The average molecular weight is 343 g/mol. The molecule has 0 saturated carbocycles. The van der Waals surface area contributed by atoms with Gasteiger partial charge in [0.05, 0.1) is 13.7 Å². The maximum atomic E-state index is 12.5. The van der Waals surface area contributed by atoms with Crippen LogP contribution in [0.2, 0.25) is 0 Å². The van der Waals surface area contributed by atoms with Gasteiger partial charge in [-0.05, 0) is 38.5 Å². The second-order valence-corrected chi connectivity index (χ2v) is 5.54. The second-order valence-electron chi connectivity index (χ2n) is 5.54. The number of esters is 1.